The van der Waals surface area contributed by atoms with Gasteiger partial charge in [0.05, 0.1) is 6.61 Å². The van der Waals surface area contributed by atoms with Crippen molar-refractivity contribution in [3.8, 4) is 0 Å². The molecule has 2 aromatic carbocycles. The molecule has 1 fully saturated rings. The Kier molecular flexibility index (Phi) is 8.55. The fraction of sp³-hybridized carbons (Fsp3) is 0.517. The molecule has 2 aromatic rings. The molecule has 2 aliphatic heterocycles. The Bertz CT molecular complexity index is 1020. The van der Waals surface area contributed by atoms with E-state index in [0.717, 1.165) is 49.9 Å². The second-order valence-corrected chi connectivity index (χ2v) is 9.89. The Balaban J connectivity index is 1.38. The number of likely N-dealkylation sites (tertiary alicyclic amines) is 1. The number of amides is 1. The first-order valence-electron chi connectivity index (χ1n) is 12.9. The summed E-state index contributed by atoms with van der Waals surface area (Å²) in [6.07, 6.45) is 5.01. The molecule has 188 valence electrons. The second-order valence-electron chi connectivity index (χ2n) is 9.89. The Morgan fingerprint density at radius 3 is 2.60 bits per heavy atom. The number of fused-ring (bicyclic) bond motifs is 1. The van der Waals surface area contributed by atoms with Crippen LogP contribution in [-0.4, -0.2) is 49.9 Å². The predicted molar refractivity (Wildman–Crippen MR) is 136 cm³/mol. The third-order valence-electron chi connectivity index (χ3n) is 7.55. The van der Waals surface area contributed by atoms with E-state index in [-0.39, 0.29) is 29.3 Å². The molecule has 1 amide bonds. The molecule has 4 rings (SSSR count). The van der Waals surface area contributed by atoms with E-state index in [1.165, 1.54) is 11.6 Å². The number of anilines is 1. The minimum atomic E-state index is -0.200. The van der Waals surface area contributed by atoms with Crippen LogP contribution in [0.5, 0.6) is 0 Å². The van der Waals surface area contributed by atoms with Crippen molar-refractivity contribution in [2.24, 2.45) is 11.8 Å². The van der Waals surface area contributed by atoms with Crippen molar-refractivity contribution in [2.75, 3.05) is 38.3 Å². The lowest BCUT2D eigenvalue weighted by Crippen LogP contribution is -2.33. The number of nitrogens with zero attached hydrogens (tertiary/aromatic N) is 2. The summed E-state index contributed by atoms with van der Waals surface area (Å²) in [5, 5.41) is 0. The smallest absolute Gasteiger partial charge is 0.253 e. The summed E-state index contributed by atoms with van der Waals surface area (Å²) in [6.45, 7) is 5.43. The molecular weight excluding hydrogens is 443 g/mol. The Morgan fingerprint density at radius 1 is 1.06 bits per heavy atom. The molecule has 35 heavy (non-hydrogen) atoms. The number of hydrogen-bond donors (Lipinski definition) is 0. The van der Waals surface area contributed by atoms with Gasteiger partial charge in [-0.3, -0.25) is 9.59 Å². The number of hydrogen-bond acceptors (Lipinski definition) is 4. The van der Waals surface area contributed by atoms with Crippen LogP contribution in [-0.2, 0) is 22.5 Å². The summed E-state index contributed by atoms with van der Waals surface area (Å²) in [6, 6.07) is 12.8. The number of benzene rings is 2. The van der Waals surface area contributed by atoms with E-state index < -0.39 is 0 Å². The van der Waals surface area contributed by atoms with Crippen molar-refractivity contribution in [3.63, 3.8) is 0 Å². The zero-order valence-corrected chi connectivity index (χ0v) is 21.0. The monoisotopic (exact) mass is 480 g/mol. The molecular formula is C29H37FN2O3. The summed E-state index contributed by atoms with van der Waals surface area (Å²) in [5.41, 5.74) is 3.97. The SMILES string of the molecule is CCCC(=O)C(COC)C1CCCN(C(=O)c2ccc(N3CCc4ccc(F)cc4C3)cc2)CC1. The van der Waals surface area contributed by atoms with Gasteiger partial charge in [-0.25, -0.2) is 4.39 Å². The van der Waals surface area contributed by atoms with Gasteiger partial charge in [0.2, 0.25) is 0 Å². The Hall–Kier alpha value is -2.73. The zero-order valence-electron chi connectivity index (χ0n) is 21.0. The van der Waals surface area contributed by atoms with Gasteiger partial charge in [-0.05, 0) is 85.5 Å². The van der Waals surface area contributed by atoms with Crippen LogP contribution in [0, 0.1) is 17.7 Å². The van der Waals surface area contributed by atoms with Crippen molar-refractivity contribution in [1.82, 2.24) is 4.90 Å². The van der Waals surface area contributed by atoms with E-state index in [1.807, 2.05) is 42.2 Å². The molecule has 0 aromatic heterocycles. The van der Waals surface area contributed by atoms with Gasteiger partial charge in [0.15, 0.2) is 0 Å². The third-order valence-corrected chi connectivity index (χ3v) is 7.55. The number of methoxy groups -OCH3 is 1. The minimum absolute atomic E-state index is 0.0476. The highest BCUT2D eigenvalue weighted by Gasteiger charge is 2.30. The van der Waals surface area contributed by atoms with Crippen molar-refractivity contribution in [2.45, 2.75) is 52.0 Å². The molecule has 0 spiro atoms. The summed E-state index contributed by atoms with van der Waals surface area (Å²) >= 11 is 0. The average molecular weight is 481 g/mol. The first kappa shape index (κ1) is 25.4. The van der Waals surface area contributed by atoms with Crippen molar-refractivity contribution >= 4 is 17.4 Å². The number of Topliss-reactive ketones (excluding diaryl/α,β-unsaturated/α-hetero) is 1. The fourth-order valence-electron chi connectivity index (χ4n) is 5.57. The predicted octanol–water partition coefficient (Wildman–Crippen LogP) is 5.26. The van der Waals surface area contributed by atoms with Gasteiger partial charge in [-0.1, -0.05) is 13.0 Å². The molecule has 0 bridgehead atoms. The number of rotatable bonds is 8. The summed E-state index contributed by atoms with van der Waals surface area (Å²) in [4.78, 5) is 30.1. The van der Waals surface area contributed by atoms with Crippen LogP contribution in [0.1, 0.15) is 60.5 Å². The lowest BCUT2D eigenvalue weighted by Gasteiger charge is -2.31. The third kappa shape index (κ3) is 6.10. The van der Waals surface area contributed by atoms with Crippen LogP contribution in [0.25, 0.3) is 0 Å². The van der Waals surface area contributed by atoms with Crippen LogP contribution in [0.4, 0.5) is 10.1 Å². The van der Waals surface area contributed by atoms with Crippen LogP contribution >= 0.6 is 0 Å². The van der Waals surface area contributed by atoms with Gasteiger partial charge in [-0.2, -0.15) is 0 Å². The average Bonchev–Trinajstić information content (AvgIpc) is 3.13. The van der Waals surface area contributed by atoms with Gasteiger partial charge in [0, 0.05) is 56.9 Å². The summed E-state index contributed by atoms with van der Waals surface area (Å²) in [7, 11) is 1.66. The van der Waals surface area contributed by atoms with Crippen molar-refractivity contribution < 1.29 is 18.7 Å². The Morgan fingerprint density at radius 2 is 1.86 bits per heavy atom. The molecule has 0 N–H and O–H groups in total. The van der Waals surface area contributed by atoms with Gasteiger partial charge in [0.25, 0.3) is 5.91 Å². The highest BCUT2D eigenvalue weighted by atomic mass is 19.1. The lowest BCUT2D eigenvalue weighted by molar-refractivity contribution is -0.126. The Labute approximate surface area is 208 Å². The number of halogens is 1. The molecule has 0 radical (unpaired) electrons. The van der Waals surface area contributed by atoms with E-state index in [9.17, 15) is 14.0 Å². The quantitative estimate of drug-likeness (QED) is 0.517. The first-order chi connectivity index (χ1) is 17.0. The van der Waals surface area contributed by atoms with Crippen LogP contribution < -0.4 is 4.90 Å². The number of carbonyl (C=O) groups excluding carboxylic acids is 2. The second kappa shape index (κ2) is 11.8. The van der Waals surface area contributed by atoms with Gasteiger partial charge < -0.3 is 14.5 Å². The highest BCUT2D eigenvalue weighted by Crippen LogP contribution is 2.29. The molecule has 2 unspecified atom stereocenters. The topological polar surface area (TPSA) is 49.9 Å². The van der Waals surface area contributed by atoms with E-state index in [4.69, 9.17) is 4.74 Å². The number of ether oxygens (including phenoxy) is 1. The molecule has 6 heteroatoms. The van der Waals surface area contributed by atoms with Crippen molar-refractivity contribution in [3.05, 3.63) is 65.0 Å². The molecule has 1 saturated heterocycles. The first-order valence-corrected chi connectivity index (χ1v) is 12.9. The van der Waals surface area contributed by atoms with E-state index in [2.05, 4.69) is 4.90 Å². The standard InChI is InChI=1S/C29H37FN2O3/c1-3-5-28(33)27(20-35-2)22-6-4-15-31(16-14-22)29(34)23-8-11-26(12-9-23)32-17-13-21-7-10-25(30)18-24(21)19-32/h7-12,18,22,27H,3-6,13-17,19-20H2,1-2H3. The van der Waals surface area contributed by atoms with Crippen molar-refractivity contribution in [1.29, 1.82) is 0 Å². The molecule has 0 saturated carbocycles. The van der Waals surface area contributed by atoms with Crippen LogP contribution in [0.2, 0.25) is 0 Å². The maximum absolute atomic E-state index is 13.7. The molecule has 0 aliphatic carbocycles. The van der Waals surface area contributed by atoms with Crippen LogP contribution in [0.15, 0.2) is 42.5 Å². The normalized spacial score (nSPS) is 19.1. The molecule has 2 heterocycles. The minimum Gasteiger partial charge on any atom is -0.384 e. The fourth-order valence-corrected chi connectivity index (χ4v) is 5.57. The maximum Gasteiger partial charge on any atom is 0.253 e. The van der Waals surface area contributed by atoms with E-state index >= 15 is 0 Å². The number of ketones is 1. The van der Waals surface area contributed by atoms with E-state index in [0.29, 0.717) is 38.2 Å². The van der Waals surface area contributed by atoms with Gasteiger partial charge >= 0.3 is 0 Å². The highest BCUT2D eigenvalue weighted by molar-refractivity contribution is 5.94. The van der Waals surface area contributed by atoms with Gasteiger partial charge in [0.1, 0.15) is 11.6 Å². The molecule has 2 atom stereocenters. The van der Waals surface area contributed by atoms with E-state index in [1.54, 1.807) is 13.2 Å². The van der Waals surface area contributed by atoms with Crippen LogP contribution in [0.3, 0.4) is 0 Å². The number of carbonyl (C=O) groups is 2. The maximum atomic E-state index is 13.7. The summed E-state index contributed by atoms with van der Waals surface area (Å²) < 4.78 is 19.0. The molecule has 5 nitrogen and oxygen atoms in total. The largest absolute Gasteiger partial charge is 0.384 e. The lowest BCUT2D eigenvalue weighted by atomic mass is 9.82. The summed E-state index contributed by atoms with van der Waals surface area (Å²) in [5.74, 6) is 0.331. The van der Waals surface area contributed by atoms with Gasteiger partial charge in [-0.15, -0.1) is 0 Å². The zero-order chi connectivity index (χ0) is 24.8. The molecule has 2 aliphatic rings.